The number of nitro groups is 1. The van der Waals surface area contributed by atoms with Crippen molar-refractivity contribution >= 4 is 11.4 Å². The van der Waals surface area contributed by atoms with Crippen LogP contribution in [-0.4, -0.2) is 21.5 Å². The maximum absolute atomic E-state index is 11.4. The Morgan fingerprint density at radius 2 is 2.00 bits per heavy atom. The predicted octanol–water partition coefficient (Wildman–Crippen LogP) is 4.00. The van der Waals surface area contributed by atoms with Crippen molar-refractivity contribution in [3.8, 4) is 17.0 Å². The molecule has 0 spiro atoms. The number of nitrogens with one attached hydrogen (secondary N) is 2. The lowest BCUT2D eigenvalue weighted by Crippen LogP contribution is -2.05. The van der Waals surface area contributed by atoms with Gasteiger partial charge < -0.3 is 15.0 Å². The van der Waals surface area contributed by atoms with Crippen molar-refractivity contribution in [3.63, 3.8) is 0 Å². The minimum Gasteiger partial charge on any atom is -0.487 e. The van der Waals surface area contributed by atoms with Crippen molar-refractivity contribution in [2.45, 2.75) is 13.5 Å². The Hall–Kier alpha value is -3.35. The van der Waals surface area contributed by atoms with Gasteiger partial charge in [-0.25, -0.2) is 4.98 Å². The van der Waals surface area contributed by atoms with E-state index in [2.05, 4.69) is 15.3 Å². The molecule has 25 heavy (non-hydrogen) atoms. The van der Waals surface area contributed by atoms with E-state index in [4.69, 9.17) is 4.74 Å². The maximum Gasteiger partial charge on any atom is 0.333 e. The number of nitrogens with zero attached hydrogens (tertiary/aromatic N) is 2. The highest BCUT2D eigenvalue weighted by atomic mass is 16.6. The van der Waals surface area contributed by atoms with Gasteiger partial charge in [-0.1, -0.05) is 36.4 Å². The van der Waals surface area contributed by atoms with Crippen molar-refractivity contribution in [1.82, 2.24) is 9.97 Å². The van der Waals surface area contributed by atoms with E-state index in [1.165, 1.54) is 0 Å². The molecule has 0 aliphatic rings. The van der Waals surface area contributed by atoms with Gasteiger partial charge >= 0.3 is 5.69 Å². The molecule has 0 fully saturated rings. The first-order valence-corrected chi connectivity index (χ1v) is 7.92. The van der Waals surface area contributed by atoms with Crippen LogP contribution in [-0.2, 0) is 6.54 Å². The van der Waals surface area contributed by atoms with Crippen molar-refractivity contribution in [1.29, 1.82) is 0 Å². The molecule has 128 valence electrons. The Morgan fingerprint density at radius 3 is 2.72 bits per heavy atom. The summed E-state index contributed by atoms with van der Waals surface area (Å²) < 4.78 is 5.35. The first kappa shape index (κ1) is 16.5. The maximum atomic E-state index is 11.4. The average Bonchev–Trinajstić information content (AvgIpc) is 3.10. The first-order valence-electron chi connectivity index (χ1n) is 7.92. The zero-order chi connectivity index (χ0) is 17.6. The fraction of sp³-hybridized carbons (Fsp3) is 0.167. The number of H-pyrrole nitrogens is 1. The van der Waals surface area contributed by atoms with Gasteiger partial charge in [0.05, 0.1) is 30.0 Å². The van der Waals surface area contributed by atoms with E-state index in [-0.39, 0.29) is 11.4 Å². The van der Waals surface area contributed by atoms with Crippen molar-refractivity contribution < 1.29 is 9.66 Å². The largest absolute Gasteiger partial charge is 0.487 e. The number of hydrogen-bond donors (Lipinski definition) is 2. The zero-order valence-corrected chi connectivity index (χ0v) is 13.7. The zero-order valence-electron chi connectivity index (χ0n) is 13.7. The van der Waals surface area contributed by atoms with Gasteiger partial charge in [0.15, 0.2) is 5.75 Å². The molecular formula is C18H18N4O3. The van der Waals surface area contributed by atoms with Crippen molar-refractivity contribution in [3.05, 3.63) is 70.7 Å². The van der Waals surface area contributed by atoms with Crippen LogP contribution in [0.1, 0.15) is 12.7 Å². The summed E-state index contributed by atoms with van der Waals surface area (Å²) in [6, 6.07) is 14.8. The number of benzene rings is 2. The van der Waals surface area contributed by atoms with Gasteiger partial charge in [0.2, 0.25) is 0 Å². The lowest BCUT2D eigenvalue weighted by Gasteiger charge is -2.09. The number of nitro benzene ring substituents is 1. The minimum atomic E-state index is -0.440. The van der Waals surface area contributed by atoms with E-state index in [0.29, 0.717) is 24.7 Å². The van der Waals surface area contributed by atoms with Gasteiger partial charge in [-0.05, 0) is 24.6 Å². The molecule has 0 amide bonds. The van der Waals surface area contributed by atoms with Gasteiger partial charge in [0.1, 0.15) is 11.5 Å². The van der Waals surface area contributed by atoms with Crippen LogP contribution in [0.5, 0.6) is 5.75 Å². The van der Waals surface area contributed by atoms with Crippen LogP contribution in [0.25, 0.3) is 11.3 Å². The molecule has 0 saturated heterocycles. The van der Waals surface area contributed by atoms with Gasteiger partial charge in [-0.3, -0.25) is 10.1 Å². The second-order valence-corrected chi connectivity index (χ2v) is 5.31. The lowest BCUT2D eigenvalue weighted by atomic mass is 10.2. The van der Waals surface area contributed by atoms with E-state index >= 15 is 0 Å². The summed E-state index contributed by atoms with van der Waals surface area (Å²) in [7, 11) is 0. The molecule has 2 N–H and O–H groups in total. The highest BCUT2D eigenvalue weighted by molar-refractivity contribution is 5.68. The van der Waals surface area contributed by atoms with E-state index in [1.807, 2.05) is 30.3 Å². The molecule has 0 radical (unpaired) electrons. The SMILES string of the molecule is CCOc1cccc(NCc2ncc(-c3ccccc3)[nH]2)c1[N+](=O)[O-]. The summed E-state index contributed by atoms with van der Waals surface area (Å²) in [5, 5.41) is 14.4. The number of para-hydroxylation sites is 1. The van der Waals surface area contributed by atoms with E-state index in [1.54, 1.807) is 31.3 Å². The summed E-state index contributed by atoms with van der Waals surface area (Å²) in [6.45, 7) is 2.49. The first-order chi connectivity index (χ1) is 12.2. The molecular weight excluding hydrogens is 320 g/mol. The number of imidazole rings is 1. The molecule has 7 heteroatoms. The van der Waals surface area contributed by atoms with Crippen molar-refractivity contribution in [2.75, 3.05) is 11.9 Å². The normalized spacial score (nSPS) is 10.4. The molecule has 3 rings (SSSR count). The molecule has 0 atom stereocenters. The van der Waals surface area contributed by atoms with Crippen LogP contribution in [0.15, 0.2) is 54.7 Å². The number of hydrogen-bond acceptors (Lipinski definition) is 5. The molecule has 0 unspecified atom stereocenters. The fourth-order valence-corrected chi connectivity index (χ4v) is 2.52. The smallest absolute Gasteiger partial charge is 0.333 e. The Morgan fingerprint density at radius 1 is 1.20 bits per heavy atom. The van der Waals surface area contributed by atoms with Crippen LogP contribution < -0.4 is 10.1 Å². The second kappa shape index (κ2) is 7.48. The van der Waals surface area contributed by atoms with E-state index < -0.39 is 4.92 Å². The molecule has 2 aromatic carbocycles. The van der Waals surface area contributed by atoms with Crippen LogP contribution >= 0.6 is 0 Å². The minimum absolute atomic E-state index is 0.0702. The monoisotopic (exact) mass is 338 g/mol. The summed E-state index contributed by atoms with van der Waals surface area (Å²) in [4.78, 5) is 18.5. The summed E-state index contributed by atoms with van der Waals surface area (Å²) >= 11 is 0. The predicted molar refractivity (Wildman–Crippen MR) is 95.6 cm³/mol. The molecule has 7 nitrogen and oxygen atoms in total. The van der Waals surface area contributed by atoms with E-state index in [0.717, 1.165) is 11.3 Å². The topological polar surface area (TPSA) is 93.1 Å². The number of aromatic nitrogens is 2. The highest BCUT2D eigenvalue weighted by Crippen LogP contribution is 2.34. The standard InChI is InChI=1S/C18H18N4O3/c1-2-25-16-10-6-9-14(18(16)22(23)24)19-12-17-20-11-15(21-17)13-7-4-3-5-8-13/h3-11,19H,2,12H2,1H3,(H,20,21). The van der Waals surface area contributed by atoms with Gasteiger partial charge in [0, 0.05) is 0 Å². The van der Waals surface area contributed by atoms with E-state index in [9.17, 15) is 10.1 Å². The number of anilines is 1. The second-order valence-electron chi connectivity index (χ2n) is 5.31. The molecule has 1 heterocycles. The third kappa shape index (κ3) is 3.77. The Bertz CT molecular complexity index is 862. The molecule has 0 aliphatic carbocycles. The lowest BCUT2D eigenvalue weighted by molar-refractivity contribution is -0.384. The Labute approximate surface area is 144 Å². The number of rotatable bonds is 7. The van der Waals surface area contributed by atoms with Gasteiger partial charge in [0.25, 0.3) is 0 Å². The summed E-state index contributed by atoms with van der Waals surface area (Å²) in [6.07, 6.45) is 1.75. The van der Waals surface area contributed by atoms with Crippen LogP contribution in [0.3, 0.4) is 0 Å². The Balaban J connectivity index is 1.77. The summed E-state index contributed by atoms with van der Waals surface area (Å²) in [5.74, 6) is 0.942. The molecule has 1 aromatic heterocycles. The number of ether oxygens (including phenoxy) is 1. The molecule has 0 bridgehead atoms. The fourth-order valence-electron chi connectivity index (χ4n) is 2.52. The van der Waals surface area contributed by atoms with Crippen LogP contribution in [0.4, 0.5) is 11.4 Å². The van der Waals surface area contributed by atoms with Gasteiger partial charge in [-0.15, -0.1) is 0 Å². The quantitative estimate of drug-likeness (QED) is 0.502. The molecule has 3 aromatic rings. The molecule has 0 saturated carbocycles. The van der Waals surface area contributed by atoms with Gasteiger partial charge in [-0.2, -0.15) is 0 Å². The number of aromatic amines is 1. The third-order valence-electron chi connectivity index (χ3n) is 3.64. The van der Waals surface area contributed by atoms with Crippen LogP contribution in [0, 0.1) is 10.1 Å². The third-order valence-corrected chi connectivity index (χ3v) is 3.64. The van der Waals surface area contributed by atoms with Crippen molar-refractivity contribution in [2.24, 2.45) is 0 Å². The summed E-state index contributed by atoms with van der Waals surface area (Å²) in [5.41, 5.74) is 2.26. The Kier molecular flexibility index (Phi) is 4.94. The highest BCUT2D eigenvalue weighted by Gasteiger charge is 2.20. The molecule has 0 aliphatic heterocycles. The van der Waals surface area contributed by atoms with Crippen LogP contribution in [0.2, 0.25) is 0 Å². The average molecular weight is 338 g/mol.